The molecule has 1 N–H and O–H groups in total. The van der Waals surface area contributed by atoms with Crippen molar-refractivity contribution in [3.63, 3.8) is 0 Å². The molecule has 33 heavy (non-hydrogen) atoms. The maximum Gasteiger partial charge on any atom is 0.194 e. The second-order valence-electron chi connectivity index (χ2n) is 7.84. The lowest BCUT2D eigenvalue weighted by molar-refractivity contribution is -0.00805. The molecule has 0 amide bonds. The van der Waals surface area contributed by atoms with Gasteiger partial charge in [0.25, 0.3) is 0 Å². The van der Waals surface area contributed by atoms with Gasteiger partial charge in [-0.15, -0.1) is 24.0 Å². The van der Waals surface area contributed by atoms with E-state index in [4.69, 9.17) is 14.5 Å². The van der Waals surface area contributed by atoms with Crippen LogP contribution < -0.4 is 10.1 Å². The Morgan fingerprint density at radius 1 is 1.15 bits per heavy atom. The monoisotopic (exact) mass is 561 g/mol. The van der Waals surface area contributed by atoms with Gasteiger partial charge in [-0.1, -0.05) is 42.5 Å². The molecule has 4 rings (SSSR count). The summed E-state index contributed by atoms with van der Waals surface area (Å²) in [7, 11) is 1.92. The van der Waals surface area contributed by atoms with E-state index in [1.54, 1.807) is 0 Å². The van der Waals surface area contributed by atoms with Crippen LogP contribution in [0.25, 0.3) is 0 Å². The first kappa shape index (κ1) is 25.0. The summed E-state index contributed by atoms with van der Waals surface area (Å²) in [4.78, 5) is 7.14. The van der Waals surface area contributed by atoms with Gasteiger partial charge in [0.1, 0.15) is 18.5 Å². The van der Waals surface area contributed by atoms with E-state index in [0.717, 1.165) is 48.0 Å². The van der Waals surface area contributed by atoms with Crippen molar-refractivity contribution in [3.8, 4) is 5.75 Å². The number of morpholine rings is 1. The highest BCUT2D eigenvalue weighted by Crippen LogP contribution is 2.22. The third-order valence-corrected chi connectivity index (χ3v) is 5.38. The van der Waals surface area contributed by atoms with Crippen LogP contribution in [0.1, 0.15) is 29.7 Å². The summed E-state index contributed by atoms with van der Waals surface area (Å²) in [6.45, 7) is 6.32. The standard InChI is InChI=1S/C25H31N5O2.HI/c1-3-26-25(30-13-14-31-24(18-30)22-16-28-29(2)17-22)27-15-20-9-11-23(12-10-20)32-19-21-7-5-4-6-8-21;/h4-12,16-17,24H,3,13-15,18-19H2,1-2H3,(H,26,27);1H. The van der Waals surface area contributed by atoms with E-state index in [2.05, 4.69) is 46.5 Å². The molecule has 1 saturated heterocycles. The van der Waals surface area contributed by atoms with E-state index >= 15 is 0 Å². The van der Waals surface area contributed by atoms with Gasteiger partial charge in [0.15, 0.2) is 5.96 Å². The van der Waals surface area contributed by atoms with E-state index in [-0.39, 0.29) is 30.1 Å². The van der Waals surface area contributed by atoms with Gasteiger partial charge in [0.05, 0.1) is 25.9 Å². The number of halogens is 1. The summed E-state index contributed by atoms with van der Waals surface area (Å²) < 4.78 is 13.7. The molecule has 1 atom stereocenters. The van der Waals surface area contributed by atoms with Gasteiger partial charge in [0.2, 0.25) is 0 Å². The Morgan fingerprint density at radius 3 is 2.64 bits per heavy atom. The second-order valence-corrected chi connectivity index (χ2v) is 7.84. The number of nitrogens with one attached hydrogen (secondary N) is 1. The minimum absolute atomic E-state index is 0. The van der Waals surface area contributed by atoms with Crippen molar-refractivity contribution in [1.29, 1.82) is 0 Å². The van der Waals surface area contributed by atoms with Crippen molar-refractivity contribution in [2.75, 3.05) is 26.2 Å². The molecule has 0 bridgehead atoms. The molecule has 2 heterocycles. The predicted molar refractivity (Wildman–Crippen MR) is 141 cm³/mol. The molecule has 7 nitrogen and oxygen atoms in total. The SMILES string of the molecule is CCNC(=NCc1ccc(OCc2ccccc2)cc1)N1CCOC(c2cnn(C)c2)C1.I. The molecule has 1 aliphatic rings. The molecule has 2 aromatic carbocycles. The Bertz CT molecular complexity index is 1010. The van der Waals surface area contributed by atoms with Gasteiger partial charge >= 0.3 is 0 Å². The largest absolute Gasteiger partial charge is 0.489 e. The highest BCUT2D eigenvalue weighted by atomic mass is 127. The van der Waals surface area contributed by atoms with Gasteiger partial charge < -0.3 is 19.7 Å². The molecule has 0 saturated carbocycles. The van der Waals surface area contributed by atoms with Crippen LogP contribution in [0.2, 0.25) is 0 Å². The lowest BCUT2D eigenvalue weighted by atomic mass is 10.1. The van der Waals surface area contributed by atoms with Gasteiger partial charge in [-0.05, 0) is 30.2 Å². The van der Waals surface area contributed by atoms with Crippen LogP contribution in [0, 0.1) is 0 Å². The maximum absolute atomic E-state index is 5.98. The van der Waals surface area contributed by atoms with Crippen LogP contribution in [0.3, 0.4) is 0 Å². The normalized spacial score (nSPS) is 16.2. The van der Waals surface area contributed by atoms with Crippen LogP contribution in [0.5, 0.6) is 5.75 Å². The molecule has 3 aromatic rings. The quantitative estimate of drug-likeness (QED) is 0.267. The zero-order chi connectivity index (χ0) is 22.2. The number of guanidine groups is 1. The molecule has 1 unspecified atom stereocenters. The van der Waals surface area contributed by atoms with Crippen molar-refractivity contribution in [2.24, 2.45) is 12.0 Å². The van der Waals surface area contributed by atoms with E-state index in [9.17, 15) is 0 Å². The Kier molecular flexibility index (Phi) is 9.56. The number of nitrogens with zero attached hydrogens (tertiary/aromatic N) is 4. The highest BCUT2D eigenvalue weighted by molar-refractivity contribution is 14.0. The molecule has 176 valence electrons. The first-order valence-corrected chi connectivity index (χ1v) is 11.1. The van der Waals surface area contributed by atoms with Gasteiger partial charge in [0, 0.05) is 31.9 Å². The number of aryl methyl sites for hydroxylation is 1. The first-order valence-electron chi connectivity index (χ1n) is 11.1. The molecule has 0 radical (unpaired) electrons. The van der Waals surface area contributed by atoms with E-state index < -0.39 is 0 Å². The average Bonchev–Trinajstić information content (AvgIpc) is 3.28. The smallest absolute Gasteiger partial charge is 0.194 e. The maximum atomic E-state index is 5.98. The fourth-order valence-electron chi connectivity index (χ4n) is 3.67. The first-order chi connectivity index (χ1) is 15.7. The lowest BCUT2D eigenvalue weighted by Gasteiger charge is -2.34. The number of rotatable bonds is 7. The molecule has 1 aliphatic heterocycles. The summed E-state index contributed by atoms with van der Waals surface area (Å²) >= 11 is 0. The molecule has 0 spiro atoms. The minimum Gasteiger partial charge on any atom is -0.489 e. The van der Waals surface area contributed by atoms with Crippen molar-refractivity contribution in [3.05, 3.63) is 83.7 Å². The van der Waals surface area contributed by atoms with Crippen molar-refractivity contribution in [2.45, 2.75) is 26.2 Å². The third-order valence-electron chi connectivity index (χ3n) is 5.38. The minimum atomic E-state index is 0. The summed E-state index contributed by atoms with van der Waals surface area (Å²) in [5.41, 5.74) is 3.40. The molecule has 0 aliphatic carbocycles. The van der Waals surface area contributed by atoms with E-state index in [0.29, 0.717) is 19.8 Å². The second kappa shape index (κ2) is 12.6. The Morgan fingerprint density at radius 2 is 1.94 bits per heavy atom. The van der Waals surface area contributed by atoms with Crippen LogP contribution in [0.15, 0.2) is 72.0 Å². The molecule has 1 aromatic heterocycles. The Labute approximate surface area is 212 Å². The summed E-state index contributed by atoms with van der Waals surface area (Å²) in [6.07, 6.45) is 3.89. The topological polar surface area (TPSA) is 63.9 Å². The van der Waals surface area contributed by atoms with Gasteiger partial charge in [-0.25, -0.2) is 4.99 Å². The highest BCUT2D eigenvalue weighted by Gasteiger charge is 2.25. The van der Waals surface area contributed by atoms with Gasteiger partial charge in [-0.3, -0.25) is 4.68 Å². The fraction of sp³-hybridized carbons (Fsp3) is 0.360. The number of benzene rings is 2. The zero-order valence-electron chi connectivity index (χ0n) is 19.2. The summed E-state index contributed by atoms with van der Waals surface area (Å²) in [6, 6.07) is 18.4. The van der Waals surface area contributed by atoms with E-state index in [1.165, 1.54) is 0 Å². The Balaban J connectivity index is 0.00000306. The number of hydrogen-bond donors (Lipinski definition) is 1. The number of aromatic nitrogens is 2. The zero-order valence-corrected chi connectivity index (χ0v) is 21.5. The van der Waals surface area contributed by atoms with Crippen LogP contribution in [-0.2, 0) is 24.9 Å². The van der Waals surface area contributed by atoms with Crippen molar-refractivity contribution in [1.82, 2.24) is 20.0 Å². The van der Waals surface area contributed by atoms with Crippen molar-refractivity contribution < 1.29 is 9.47 Å². The Hall–Kier alpha value is -2.59. The molecule has 1 fully saturated rings. The van der Waals surface area contributed by atoms with Crippen LogP contribution >= 0.6 is 24.0 Å². The molecular formula is C25H32IN5O2. The molecular weight excluding hydrogens is 529 g/mol. The number of aliphatic imine (C=N–C) groups is 1. The van der Waals surface area contributed by atoms with E-state index in [1.807, 2.05) is 54.5 Å². The van der Waals surface area contributed by atoms with Gasteiger partial charge in [-0.2, -0.15) is 5.10 Å². The van der Waals surface area contributed by atoms with Crippen molar-refractivity contribution >= 4 is 29.9 Å². The fourth-order valence-corrected chi connectivity index (χ4v) is 3.67. The van der Waals surface area contributed by atoms with Crippen LogP contribution in [0.4, 0.5) is 0 Å². The summed E-state index contributed by atoms with van der Waals surface area (Å²) in [5.74, 6) is 1.77. The average molecular weight is 561 g/mol. The lowest BCUT2D eigenvalue weighted by Crippen LogP contribution is -2.48. The molecule has 8 heteroatoms. The number of hydrogen-bond acceptors (Lipinski definition) is 4. The number of ether oxygens (including phenoxy) is 2. The summed E-state index contributed by atoms with van der Waals surface area (Å²) in [5, 5.41) is 7.70. The van der Waals surface area contributed by atoms with Crippen LogP contribution in [-0.4, -0.2) is 46.9 Å². The third kappa shape index (κ3) is 7.20. The predicted octanol–water partition coefficient (Wildman–Crippen LogP) is 4.16.